The van der Waals surface area contributed by atoms with Crippen molar-refractivity contribution in [3.63, 3.8) is 0 Å². The van der Waals surface area contributed by atoms with Crippen LogP contribution >= 0.6 is 0 Å². The van der Waals surface area contributed by atoms with Gasteiger partial charge in [0, 0.05) is 62.4 Å². The molecule has 6 heteroatoms. The lowest BCUT2D eigenvalue weighted by molar-refractivity contribution is 0.629. The SMILES string of the molecule is C1=CC(c2ncccn2)CC=C1CNCCNCc1ccc(-c2ncccn2)cc1. The Morgan fingerprint density at radius 1 is 0.800 bits per heavy atom. The average Bonchev–Trinajstić information content (AvgIpc) is 2.83. The summed E-state index contributed by atoms with van der Waals surface area (Å²) in [5.74, 6) is 1.94. The van der Waals surface area contributed by atoms with Crippen molar-refractivity contribution in [3.05, 3.63) is 96.4 Å². The zero-order valence-electron chi connectivity index (χ0n) is 16.9. The Morgan fingerprint density at radius 2 is 1.47 bits per heavy atom. The number of benzene rings is 1. The number of nitrogens with one attached hydrogen (secondary N) is 2. The van der Waals surface area contributed by atoms with Gasteiger partial charge in [-0.3, -0.25) is 0 Å². The summed E-state index contributed by atoms with van der Waals surface area (Å²) < 4.78 is 0. The zero-order chi connectivity index (χ0) is 20.4. The van der Waals surface area contributed by atoms with Gasteiger partial charge < -0.3 is 10.6 Å². The van der Waals surface area contributed by atoms with E-state index < -0.39 is 0 Å². The van der Waals surface area contributed by atoms with Gasteiger partial charge in [-0.25, -0.2) is 19.9 Å². The molecule has 0 bridgehead atoms. The molecule has 1 aliphatic rings. The summed E-state index contributed by atoms with van der Waals surface area (Å²) in [6, 6.07) is 12.1. The number of aromatic nitrogens is 4. The Morgan fingerprint density at radius 3 is 2.13 bits per heavy atom. The largest absolute Gasteiger partial charge is 0.311 e. The van der Waals surface area contributed by atoms with Crippen molar-refractivity contribution in [1.29, 1.82) is 0 Å². The molecular weight excluding hydrogens is 372 g/mol. The first-order valence-corrected chi connectivity index (χ1v) is 10.3. The molecule has 4 rings (SSSR count). The fourth-order valence-corrected chi connectivity index (χ4v) is 3.35. The summed E-state index contributed by atoms with van der Waals surface area (Å²) in [4.78, 5) is 17.3. The van der Waals surface area contributed by atoms with Crippen LogP contribution in [0, 0.1) is 0 Å². The second-order valence-corrected chi connectivity index (χ2v) is 7.21. The molecule has 0 saturated heterocycles. The van der Waals surface area contributed by atoms with Crippen LogP contribution in [0.5, 0.6) is 0 Å². The Balaban J connectivity index is 1.12. The molecule has 1 aliphatic carbocycles. The number of hydrogen-bond acceptors (Lipinski definition) is 6. The highest BCUT2D eigenvalue weighted by atomic mass is 14.9. The average molecular weight is 399 g/mol. The van der Waals surface area contributed by atoms with E-state index in [1.165, 1.54) is 11.1 Å². The van der Waals surface area contributed by atoms with E-state index in [1.54, 1.807) is 24.8 Å². The Hall–Kier alpha value is -3.22. The molecule has 0 saturated carbocycles. The fourth-order valence-electron chi connectivity index (χ4n) is 3.35. The Kier molecular flexibility index (Phi) is 7.04. The monoisotopic (exact) mass is 398 g/mol. The van der Waals surface area contributed by atoms with Crippen LogP contribution in [0.1, 0.15) is 23.7 Å². The second kappa shape index (κ2) is 10.5. The van der Waals surface area contributed by atoms with Crippen LogP contribution in [-0.4, -0.2) is 39.6 Å². The molecule has 2 heterocycles. The first-order chi connectivity index (χ1) is 14.9. The number of allylic oxidation sites excluding steroid dienone is 2. The molecule has 0 radical (unpaired) electrons. The van der Waals surface area contributed by atoms with Gasteiger partial charge in [-0.2, -0.15) is 0 Å². The topological polar surface area (TPSA) is 75.6 Å². The zero-order valence-corrected chi connectivity index (χ0v) is 16.9. The summed E-state index contributed by atoms with van der Waals surface area (Å²) in [7, 11) is 0. The van der Waals surface area contributed by atoms with Gasteiger partial charge in [0.25, 0.3) is 0 Å². The lowest BCUT2D eigenvalue weighted by atomic mass is 9.96. The number of hydrogen-bond donors (Lipinski definition) is 2. The molecule has 0 fully saturated rings. The third-order valence-corrected chi connectivity index (χ3v) is 5.01. The molecule has 2 aromatic heterocycles. The summed E-state index contributed by atoms with van der Waals surface area (Å²) in [5.41, 5.74) is 3.61. The van der Waals surface area contributed by atoms with E-state index in [0.717, 1.165) is 49.8 Å². The second-order valence-electron chi connectivity index (χ2n) is 7.21. The quantitative estimate of drug-likeness (QED) is 0.539. The van der Waals surface area contributed by atoms with E-state index in [1.807, 2.05) is 12.1 Å². The van der Waals surface area contributed by atoms with E-state index in [9.17, 15) is 0 Å². The van der Waals surface area contributed by atoms with Crippen molar-refractivity contribution in [3.8, 4) is 11.4 Å². The van der Waals surface area contributed by atoms with Gasteiger partial charge in [0.15, 0.2) is 5.82 Å². The predicted octanol–water partition coefficient (Wildman–Crippen LogP) is 3.28. The van der Waals surface area contributed by atoms with E-state index >= 15 is 0 Å². The van der Waals surface area contributed by atoms with Gasteiger partial charge in [-0.15, -0.1) is 0 Å². The maximum absolute atomic E-state index is 4.35. The van der Waals surface area contributed by atoms with Crippen molar-refractivity contribution in [1.82, 2.24) is 30.6 Å². The molecule has 1 unspecified atom stereocenters. The summed E-state index contributed by atoms with van der Waals surface area (Å²) in [5, 5.41) is 6.98. The van der Waals surface area contributed by atoms with Crippen LogP contribution in [0.2, 0.25) is 0 Å². The molecule has 30 heavy (non-hydrogen) atoms. The molecule has 0 amide bonds. The highest BCUT2D eigenvalue weighted by Gasteiger charge is 2.12. The molecule has 1 atom stereocenters. The smallest absolute Gasteiger partial charge is 0.159 e. The van der Waals surface area contributed by atoms with E-state index in [0.29, 0.717) is 0 Å². The molecule has 3 aromatic rings. The van der Waals surface area contributed by atoms with Crippen LogP contribution in [0.3, 0.4) is 0 Å². The fraction of sp³-hybridized carbons (Fsp3) is 0.250. The third-order valence-electron chi connectivity index (χ3n) is 5.01. The van der Waals surface area contributed by atoms with Crippen molar-refractivity contribution >= 4 is 0 Å². The Labute approximate surface area is 177 Å². The van der Waals surface area contributed by atoms with Gasteiger partial charge in [-0.05, 0) is 29.7 Å². The maximum Gasteiger partial charge on any atom is 0.159 e. The van der Waals surface area contributed by atoms with E-state index in [4.69, 9.17) is 0 Å². The van der Waals surface area contributed by atoms with Gasteiger partial charge in [0.1, 0.15) is 5.82 Å². The van der Waals surface area contributed by atoms with Crippen LogP contribution in [0.25, 0.3) is 11.4 Å². The molecule has 6 nitrogen and oxygen atoms in total. The molecule has 0 spiro atoms. The molecule has 152 valence electrons. The highest BCUT2D eigenvalue weighted by Crippen LogP contribution is 2.23. The first-order valence-electron chi connectivity index (χ1n) is 10.3. The summed E-state index contributed by atoms with van der Waals surface area (Å²) in [6.07, 6.45) is 14.8. The lowest BCUT2D eigenvalue weighted by Crippen LogP contribution is -2.28. The van der Waals surface area contributed by atoms with Crippen molar-refractivity contribution in [2.45, 2.75) is 18.9 Å². The van der Waals surface area contributed by atoms with Gasteiger partial charge in [0.2, 0.25) is 0 Å². The molecular formula is C24H26N6. The van der Waals surface area contributed by atoms with E-state index in [2.05, 4.69) is 73.1 Å². The minimum atomic E-state index is 0.288. The number of rotatable bonds is 9. The maximum atomic E-state index is 4.35. The van der Waals surface area contributed by atoms with Crippen LogP contribution in [0.4, 0.5) is 0 Å². The van der Waals surface area contributed by atoms with Crippen LogP contribution < -0.4 is 10.6 Å². The molecule has 2 N–H and O–H groups in total. The van der Waals surface area contributed by atoms with Crippen molar-refractivity contribution < 1.29 is 0 Å². The highest BCUT2D eigenvalue weighted by molar-refractivity contribution is 5.54. The predicted molar refractivity (Wildman–Crippen MR) is 119 cm³/mol. The van der Waals surface area contributed by atoms with Crippen LogP contribution in [-0.2, 0) is 6.54 Å². The van der Waals surface area contributed by atoms with E-state index in [-0.39, 0.29) is 5.92 Å². The molecule has 0 aliphatic heterocycles. The normalized spacial score (nSPS) is 15.7. The third kappa shape index (κ3) is 5.65. The Bertz CT molecular complexity index is 968. The first kappa shape index (κ1) is 20.1. The standard InChI is InChI=1S/C24H26N6/c1-11-27-23(28-12-1)21-7-3-19(4-8-21)17-25-15-16-26-18-20-5-9-22(10-6-20)24-29-13-2-14-30-24/h1-9,11-14,22,25-26H,10,15-18H2. The minimum Gasteiger partial charge on any atom is -0.311 e. The summed E-state index contributed by atoms with van der Waals surface area (Å²) >= 11 is 0. The number of nitrogens with zero attached hydrogens (tertiary/aromatic N) is 4. The van der Waals surface area contributed by atoms with Gasteiger partial charge in [-0.1, -0.05) is 42.5 Å². The molecule has 1 aromatic carbocycles. The minimum absolute atomic E-state index is 0.288. The van der Waals surface area contributed by atoms with Crippen molar-refractivity contribution in [2.24, 2.45) is 0 Å². The summed E-state index contributed by atoms with van der Waals surface area (Å²) in [6.45, 7) is 3.57. The van der Waals surface area contributed by atoms with Crippen molar-refractivity contribution in [2.75, 3.05) is 19.6 Å². The van der Waals surface area contributed by atoms with Gasteiger partial charge in [0.05, 0.1) is 0 Å². The van der Waals surface area contributed by atoms with Gasteiger partial charge >= 0.3 is 0 Å². The lowest BCUT2D eigenvalue weighted by Gasteiger charge is -2.15. The van der Waals surface area contributed by atoms with Crippen LogP contribution in [0.15, 0.2) is 85.0 Å².